The van der Waals surface area contributed by atoms with Gasteiger partial charge >= 0.3 is 6.09 Å². The lowest BCUT2D eigenvalue weighted by molar-refractivity contribution is 0.0866. The zero-order valence-electron chi connectivity index (χ0n) is 10.7. The lowest BCUT2D eigenvalue weighted by Crippen LogP contribution is -2.41. The van der Waals surface area contributed by atoms with Crippen LogP contribution in [0.1, 0.15) is 24.0 Å². The number of likely N-dealkylation sites (tertiary alicyclic amines) is 1. The van der Waals surface area contributed by atoms with Gasteiger partial charge < -0.3 is 14.7 Å². The molecule has 0 radical (unpaired) electrons. The van der Waals surface area contributed by atoms with E-state index in [9.17, 15) is 4.79 Å². The van der Waals surface area contributed by atoms with E-state index in [1.165, 1.54) is 4.90 Å². The molecule has 1 N–H and O–H groups in total. The summed E-state index contributed by atoms with van der Waals surface area (Å²) in [6.07, 6.45) is 2.45. The van der Waals surface area contributed by atoms with E-state index in [-0.39, 0.29) is 6.10 Å². The second-order valence-electron chi connectivity index (χ2n) is 4.72. The molecular weight excluding hydrogens is 232 g/mol. The van der Waals surface area contributed by atoms with E-state index in [0.29, 0.717) is 19.0 Å². The number of piperidine rings is 1. The minimum absolute atomic E-state index is 0.0644. The van der Waals surface area contributed by atoms with Crippen molar-refractivity contribution in [2.24, 2.45) is 0 Å². The Morgan fingerprint density at radius 1 is 1.44 bits per heavy atom. The molecule has 1 amide bonds. The highest BCUT2D eigenvalue weighted by atomic mass is 16.5. The predicted molar refractivity (Wildman–Crippen MR) is 67.0 cm³/mol. The van der Waals surface area contributed by atoms with Crippen LogP contribution in [0.4, 0.5) is 4.79 Å². The number of carboxylic acid groups (broad SMARTS) is 1. The van der Waals surface area contributed by atoms with E-state index in [2.05, 4.69) is 4.98 Å². The third kappa shape index (κ3) is 2.91. The number of aryl methyl sites for hydroxylation is 2. The van der Waals surface area contributed by atoms with Gasteiger partial charge in [-0.1, -0.05) is 0 Å². The van der Waals surface area contributed by atoms with Gasteiger partial charge in [0.2, 0.25) is 5.88 Å². The number of hydrogen-bond donors (Lipinski definition) is 1. The number of carbonyl (C=O) groups is 1. The predicted octanol–water partition coefficient (Wildman–Crippen LogP) is 2.22. The Morgan fingerprint density at radius 2 is 2.11 bits per heavy atom. The van der Waals surface area contributed by atoms with Crippen LogP contribution in [0.5, 0.6) is 5.88 Å². The fourth-order valence-electron chi connectivity index (χ4n) is 2.15. The fourth-order valence-corrected chi connectivity index (χ4v) is 2.15. The highest BCUT2D eigenvalue weighted by molar-refractivity contribution is 5.65. The maximum absolute atomic E-state index is 10.8. The molecule has 0 atom stereocenters. The molecule has 0 aromatic carbocycles. The molecule has 1 aliphatic heterocycles. The Bertz CT molecular complexity index is 440. The molecule has 0 spiro atoms. The first-order valence-electron chi connectivity index (χ1n) is 6.14. The SMILES string of the molecule is Cc1cnc(OC2CCN(C(=O)O)CC2)c(C)c1. The van der Waals surface area contributed by atoms with Crippen molar-refractivity contribution in [1.29, 1.82) is 0 Å². The van der Waals surface area contributed by atoms with Crippen LogP contribution in [-0.2, 0) is 0 Å². The number of hydrogen-bond acceptors (Lipinski definition) is 3. The van der Waals surface area contributed by atoms with Gasteiger partial charge in [-0.25, -0.2) is 9.78 Å². The summed E-state index contributed by atoms with van der Waals surface area (Å²) in [4.78, 5) is 16.5. The van der Waals surface area contributed by atoms with Gasteiger partial charge in [-0.2, -0.15) is 0 Å². The molecule has 0 bridgehead atoms. The Labute approximate surface area is 106 Å². The Hall–Kier alpha value is -1.78. The first-order valence-corrected chi connectivity index (χ1v) is 6.14. The Morgan fingerprint density at radius 3 is 2.67 bits per heavy atom. The largest absolute Gasteiger partial charge is 0.474 e. The van der Waals surface area contributed by atoms with Crippen molar-refractivity contribution in [3.63, 3.8) is 0 Å². The molecule has 2 rings (SSSR count). The van der Waals surface area contributed by atoms with E-state index in [4.69, 9.17) is 9.84 Å². The molecule has 1 aromatic rings. The van der Waals surface area contributed by atoms with Gasteiger partial charge in [-0.15, -0.1) is 0 Å². The topological polar surface area (TPSA) is 62.7 Å². The van der Waals surface area contributed by atoms with Crippen molar-refractivity contribution in [3.8, 4) is 5.88 Å². The monoisotopic (exact) mass is 250 g/mol. The molecule has 0 unspecified atom stereocenters. The smallest absolute Gasteiger partial charge is 0.407 e. The van der Waals surface area contributed by atoms with Crippen molar-refractivity contribution >= 4 is 6.09 Å². The maximum atomic E-state index is 10.8. The number of ether oxygens (including phenoxy) is 1. The van der Waals surface area contributed by atoms with Gasteiger partial charge in [0.15, 0.2) is 0 Å². The van der Waals surface area contributed by atoms with Crippen LogP contribution in [-0.4, -0.2) is 40.3 Å². The molecule has 18 heavy (non-hydrogen) atoms. The van der Waals surface area contributed by atoms with Gasteiger partial charge in [0.05, 0.1) is 0 Å². The van der Waals surface area contributed by atoms with Gasteiger partial charge in [-0.05, 0) is 25.5 Å². The molecule has 0 saturated carbocycles. The number of pyridine rings is 1. The molecule has 1 saturated heterocycles. The zero-order valence-corrected chi connectivity index (χ0v) is 10.7. The van der Waals surface area contributed by atoms with E-state index in [1.54, 1.807) is 6.20 Å². The second kappa shape index (κ2) is 5.25. The number of nitrogens with zero attached hydrogens (tertiary/aromatic N) is 2. The Kier molecular flexibility index (Phi) is 3.69. The summed E-state index contributed by atoms with van der Waals surface area (Å²) in [6.45, 7) is 5.03. The van der Waals surface area contributed by atoms with Crippen LogP contribution in [0, 0.1) is 13.8 Å². The third-order valence-electron chi connectivity index (χ3n) is 3.16. The summed E-state index contributed by atoms with van der Waals surface area (Å²) in [6, 6.07) is 2.04. The minimum Gasteiger partial charge on any atom is -0.474 e. The lowest BCUT2D eigenvalue weighted by atomic mass is 10.1. The van der Waals surface area contributed by atoms with Crippen molar-refractivity contribution in [1.82, 2.24) is 9.88 Å². The van der Waals surface area contributed by atoms with Crippen molar-refractivity contribution in [2.45, 2.75) is 32.8 Å². The summed E-state index contributed by atoms with van der Waals surface area (Å²) in [5.41, 5.74) is 2.14. The van der Waals surface area contributed by atoms with E-state index < -0.39 is 6.09 Å². The van der Waals surface area contributed by atoms with Crippen molar-refractivity contribution in [2.75, 3.05) is 13.1 Å². The first-order chi connectivity index (χ1) is 8.56. The fraction of sp³-hybridized carbons (Fsp3) is 0.538. The average molecular weight is 250 g/mol. The van der Waals surface area contributed by atoms with Crippen LogP contribution >= 0.6 is 0 Å². The number of rotatable bonds is 2. The second-order valence-corrected chi connectivity index (χ2v) is 4.72. The van der Waals surface area contributed by atoms with Crippen LogP contribution in [0.3, 0.4) is 0 Å². The molecule has 1 aliphatic rings. The molecule has 0 aliphatic carbocycles. The molecule has 5 nitrogen and oxygen atoms in total. The van der Waals surface area contributed by atoms with Gasteiger partial charge in [-0.3, -0.25) is 0 Å². The zero-order chi connectivity index (χ0) is 13.1. The van der Waals surface area contributed by atoms with Crippen molar-refractivity contribution < 1.29 is 14.6 Å². The molecule has 1 aromatic heterocycles. The molecular formula is C13H18N2O3. The van der Waals surface area contributed by atoms with Crippen LogP contribution in [0.25, 0.3) is 0 Å². The highest BCUT2D eigenvalue weighted by Crippen LogP contribution is 2.21. The van der Waals surface area contributed by atoms with E-state index >= 15 is 0 Å². The maximum Gasteiger partial charge on any atom is 0.407 e. The van der Waals surface area contributed by atoms with Crippen LogP contribution in [0.15, 0.2) is 12.3 Å². The number of amides is 1. The normalized spacial score (nSPS) is 16.7. The summed E-state index contributed by atoms with van der Waals surface area (Å²) in [7, 11) is 0. The summed E-state index contributed by atoms with van der Waals surface area (Å²) in [5, 5.41) is 8.86. The van der Waals surface area contributed by atoms with Crippen LogP contribution in [0.2, 0.25) is 0 Å². The quantitative estimate of drug-likeness (QED) is 0.874. The molecule has 98 valence electrons. The summed E-state index contributed by atoms with van der Waals surface area (Å²) >= 11 is 0. The van der Waals surface area contributed by atoms with Gasteiger partial charge in [0.1, 0.15) is 6.10 Å². The van der Waals surface area contributed by atoms with E-state index in [0.717, 1.165) is 24.0 Å². The number of aromatic nitrogens is 1. The summed E-state index contributed by atoms with van der Waals surface area (Å²) < 4.78 is 5.84. The summed E-state index contributed by atoms with van der Waals surface area (Å²) in [5.74, 6) is 0.661. The van der Waals surface area contributed by atoms with Gasteiger partial charge in [0.25, 0.3) is 0 Å². The van der Waals surface area contributed by atoms with Gasteiger partial charge in [0, 0.05) is 37.7 Å². The van der Waals surface area contributed by atoms with Crippen LogP contribution < -0.4 is 4.74 Å². The molecule has 5 heteroatoms. The first kappa shape index (κ1) is 12.7. The molecule has 2 heterocycles. The highest BCUT2D eigenvalue weighted by Gasteiger charge is 2.23. The molecule has 1 fully saturated rings. The Balaban J connectivity index is 1.93. The average Bonchev–Trinajstić information content (AvgIpc) is 2.33. The van der Waals surface area contributed by atoms with E-state index in [1.807, 2.05) is 19.9 Å². The minimum atomic E-state index is -0.849. The third-order valence-corrected chi connectivity index (χ3v) is 3.16. The standard InChI is InChI=1S/C13H18N2O3/c1-9-7-10(2)12(14-8-9)18-11-3-5-15(6-4-11)13(16)17/h7-8,11H,3-6H2,1-2H3,(H,16,17). The lowest BCUT2D eigenvalue weighted by Gasteiger charge is -2.30. The van der Waals surface area contributed by atoms with Crippen molar-refractivity contribution in [3.05, 3.63) is 23.4 Å².